The van der Waals surface area contributed by atoms with Gasteiger partial charge >= 0.3 is 0 Å². The Morgan fingerprint density at radius 2 is 1.56 bits per heavy atom. The first-order chi connectivity index (χ1) is 8.58. The molecule has 0 unspecified atom stereocenters. The summed E-state index contributed by atoms with van der Waals surface area (Å²) in [5, 5.41) is 0.595. The Hall–Kier alpha value is -1.65. The fraction of sp³-hybridized carbons (Fsp3) is 0. The van der Waals surface area contributed by atoms with E-state index in [0.29, 0.717) is 10.6 Å². The fourth-order valence-corrected chi connectivity index (χ4v) is 2.34. The molecule has 0 saturated carbocycles. The van der Waals surface area contributed by atoms with Crippen LogP contribution < -0.4 is 0 Å². The molecular formula is C13H10ClNO2S. The molecule has 92 valence electrons. The second-order valence-corrected chi connectivity index (χ2v) is 5.64. The molecule has 0 fully saturated rings. The molecule has 0 heterocycles. The van der Waals surface area contributed by atoms with Gasteiger partial charge in [0.2, 0.25) is 0 Å². The lowest BCUT2D eigenvalue weighted by Gasteiger charge is -1.97. The lowest BCUT2D eigenvalue weighted by molar-refractivity contribution is 0.598. The van der Waals surface area contributed by atoms with E-state index in [1.165, 1.54) is 18.3 Å². The molecule has 0 aliphatic heterocycles. The van der Waals surface area contributed by atoms with E-state index in [1.807, 2.05) is 0 Å². The smallest absolute Gasteiger partial charge is 0.199 e. The van der Waals surface area contributed by atoms with Gasteiger partial charge in [-0.05, 0) is 29.8 Å². The highest BCUT2D eigenvalue weighted by Gasteiger charge is 2.09. The Kier molecular flexibility index (Phi) is 3.79. The first-order valence-electron chi connectivity index (χ1n) is 5.19. The molecule has 3 nitrogen and oxygen atoms in total. The molecule has 2 aromatic rings. The van der Waals surface area contributed by atoms with Crippen molar-refractivity contribution in [3.63, 3.8) is 0 Å². The minimum Gasteiger partial charge on any atom is -0.199 e. The molecule has 2 rings (SSSR count). The fourth-order valence-electron chi connectivity index (χ4n) is 1.33. The average Bonchev–Trinajstić information content (AvgIpc) is 2.39. The number of rotatable bonds is 3. The maximum atomic E-state index is 11.8. The average molecular weight is 280 g/mol. The van der Waals surface area contributed by atoms with Gasteiger partial charge < -0.3 is 0 Å². The Bertz CT molecular complexity index is 649. The number of hydrogen-bond acceptors (Lipinski definition) is 2. The summed E-state index contributed by atoms with van der Waals surface area (Å²) in [5.41, 5.74) is 0.680. The first kappa shape index (κ1) is 12.8. The normalized spacial score (nSPS) is 11.8. The largest absolute Gasteiger partial charge is 0.282 e. The zero-order valence-corrected chi connectivity index (χ0v) is 10.9. The zero-order chi connectivity index (χ0) is 13.0. The van der Waals surface area contributed by atoms with Crippen LogP contribution in [-0.4, -0.2) is 14.6 Å². The minimum atomic E-state index is -3.63. The maximum Gasteiger partial charge on any atom is 0.282 e. The molecule has 0 saturated heterocycles. The van der Waals surface area contributed by atoms with Crippen molar-refractivity contribution in [2.24, 2.45) is 4.40 Å². The lowest BCUT2D eigenvalue weighted by Crippen LogP contribution is -1.97. The molecule has 2 aromatic carbocycles. The Morgan fingerprint density at radius 3 is 2.17 bits per heavy atom. The highest BCUT2D eigenvalue weighted by Crippen LogP contribution is 2.12. The molecule has 18 heavy (non-hydrogen) atoms. The maximum absolute atomic E-state index is 11.8. The van der Waals surface area contributed by atoms with Gasteiger partial charge in [0, 0.05) is 11.2 Å². The van der Waals surface area contributed by atoms with Gasteiger partial charge in [-0.2, -0.15) is 12.8 Å². The van der Waals surface area contributed by atoms with Crippen LogP contribution in [0.4, 0.5) is 0 Å². The van der Waals surface area contributed by atoms with Crippen LogP contribution in [0.3, 0.4) is 0 Å². The summed E-state index contributed by atoms with van der Waals surface area (Å²) in [4.78, 5) is 0.176. The molecule has 0 radical (unpaired) electrons. The van der Waals surface area contributed by atoms with Crippen molar-refractivity contribution >= 4 is 27.8 Å². The van der Waals surface area contributed by atoms with Gasteiger partial charge in [0.15, 0.2) is 0 Å². The summed E-state index contributed by atoms with van der Waals surface area (Å²) >= 11 is 5.73. The molecule has 0 atom stereocenters. The number of sulfonamides is 1. The SMILES string of the molecule is O=S(=O)(/N=C/c1ccc(Cl)cc1)c1ccccc1. The van der Waals surface area contributed by atoms with Crippen molar-refractivity contribution in [2.45, 2.75) is 4.90 Å². The van der Waals surface area contributed by atoms with E-state index in [4.69, 9.17) is 11.6 Å². The van der Waals surface area contributed by atoms with Crippen molar-refractivity contribution < 1.29 is 8.42 Å². The number of benzene rings is 2. The molecule has 0 aliphatic rings. The van der Waals surface area contributed by atoms with E-state index in [1.54, 1.807) is 42.5 Å². The van der Waals surface area contributed by atoms with E-state index >= 15 is 0 Å². The monoisotopic (exact) mass is 279 g/mol. The van der Waals surface area contributed by atoms with Gasteiger partial charge in [-0.15, -0.1) is 0 Å². The summed E-state index contributed by atoms with van der Waals surface area (Å²) in [7, 11) is -3.63. The topological polar surface area (TPSA) is 46.5 Å². The number of halogens is 1. The van der Waals surface area contributed by atoms with Crippen molar-refractivity contribution in [3.05, 3.63) is 65.2 Å². The van der Waals surface area contributed by atoms with Crippen molar-refractivity contribution in [1.29, 1.82) is 0 Å². The van der Waals surface area contributed by atoms with Crippen LogP contribution in [0.5, 0.6) is 0 Å². The summed E-state index contributed by atoms with van der Waals surface area (Å²) in [6.07, 6.45) is 1.30. The predicted molar refractivity (Wildman–Crippen MR) is 72.7 cm³/mol. The summed E-state index contributed by atoms with van der Waals surface area (Å²) in [6.45, 7) is 0. The third-order valence-electron chi connectivity index (χ3n) is 2.25. The van der Waals surface area contributed by atoms with Gasteiger partial charge in [0.25, 0.3) is 10.0 Å². The van der Waals surface area contributed by atoms with Crippen LogP contribution in [0.15, 0.2) is 63.9 Å². The van der Waals surface area contributed by atoms with Crippen LogP contribution >= 0.6 is 11.6 Å². The number of nitrogens with zero attached hydrogens (tertiary/aromatic N) is 1. The summed E-state index contributed by atoms with van der Waals surface area (Å²) < 4.78 is 27.3. The van der Waals surface area contributed by atoms with E-state index in [2.05, 4.69) is 4.40 Å². The second kappa shape index (κ2) is 5.33. The van der Waals surface area contributed by atoms with Crippen LogP contribution in [0.1, 0.15) is 5.56 Å². The Balaban J connectivity index is 2.26. The predicted octanol–water partition coefficient (Wildman–Crippen LogP) is 3.15. The van der Waals surface area contributed by atoms with Crippen LogP contribution in [0.25, 0.3) is 0 Å². The molecule has 0 aliphatic carbocycles. The summed E-state index contributed by atoms with van der Waals surface area (Å²) in [6, 6.07) is 14.8. The van der Waals surface area contributed by atoms with E-state index < -0.39 is 10.0 Å². The lowest BCUT2D eigenvalue weighted by atomic mass is 10.2. The standard InChI is InChI=1S/C13H10ClNO2S/c14-12-8-6-11(7-9-12)10-15-18(16,17)13-4-2-1-3-5-13/h1-10H/b15-10+. The molecule has 0 amide bonds. The van der Waals surface area contributed by atoms with E-state index in [0.717, 1.165) is 0 Å². The van der Waals surface area contributed by atoms with Crippen LogP contribution in [-0.2, 0) is 10.0 Å². The van der Waals surface area contributed by atoms with Crippen LogP contribution in [0, 0.1) is 0 Å². The third kappa shape index (κ3) is 3.18. The highest BCUT2D eigenvalue weighted by molar-refractivity contribution is 7.90. The van der Waals surface area contributed by atoms with Gasteiger partial charge in [-0.25, -0.2) is 0 Å². The van der Waals surface area contributed by atoms with E-state index in [9.17, 15) is 8.42 Å². The third-order valence-corrected chi connectivity index (χ3v) is 3.75. The van der Waals surface area contributed by atoms with Crippen molar-refractivity contribution in [2.75, 3.05) is 0 Å². The van der Waals surface area contributed by atoms with Gasteiger partial charge in [0.05, 0.1) is 4.90 Å². The molecule has 5 heteroatoms. The number of hydrogen-bond donors (Lipinski definition) is 0. The molecule has 0 N–H and O–H groups in total. The Morgan fingerprint density at radius 1 is 0.944 bits per heavy atom. The van der Waals surface area contributed by atoms with Crippen LogP contribution in [0.2, 0.25) is 5.02 Å². The molecule has 0 aromatic heterocycles. The highest BCUT2D eigenvalue weighted by atomic mass is 35.5. The molecule has 0 spiro atoms. The quantitative estimate of drug-likeness (QED) is 0.810. The van der Waals surface area contributed by atoms with Gasteiger partial charge in [-0.3, -0.25) is 0 Å². The van der Waals surface area contributed by atoms with Crippen molar-refractivity contribution in [1.82, 2.24) is 0 Å². The second-order valence-electron chi connectivity index (χ2n) is 3.57. The van der Waals surface area contributed by atoms with Gasteiger partial charge in [-0.1, -0.05) is 41.9 Å². The zero-order valence-electron chi connectivity index (χ0n) is 9.32. The first-order valence-corrected chi connectivity index (χ1v) is 7.01. The molecular weight excluding hydrogens is 270 g/mol. The van der Waals surface area contributed by atoms with E-state index in [-0.39, 0.29) is 4.90 Å². The Labute approximate surface area is 111 Å². The minimum absolute atomic E-state index is 0.176. The summed E-state index contributed by atoms with van der Waals surface area (Å²) in [5.74, 6) is 0. The van der Waals surface area contributed by atoms with Crippen molar-refractivity contribution in [3.8, 4) is 0 Å². The molecule has 0 bridgehead atoms. The van der Waals surface area contributed by atoms with Gasteiger partial charge in [0.1, 0.15) is 0 Å².